The molecule has 0 aliphatic heterocycles. The molecule has 7 heteroatoms. The third-order valence-electron chi connectivity index (χ3n) is 8.28. The van der Waals surface area contributed by atoms with Crippen molar-refractivity contribution in [1.82, 2.24) is 0 Å². The van der Waals surface area contributed by atoms with Gasteiger partial charge >= 0.3 is 19.5 Å². The summed E-state index contributed by atoms with van der Waals surface area (Å²) in [7, 11) is 2.99. The predicted molar refractivity (Wildman–Crippen MR) is 192 cm³/mol. The fourth-order valence-electron chi connectivity index (χ4n) is 6.06. The van der Waals surface area contributed by atoms with Crippen molar-refractivity contribution < 1.29 is 48.8 Å². The van der Waals surface area contributed by atoms with Crippen LogP contribution in [0.5, 0.6) is 11.5 Å². The van der Waals surface area contributed by atoms with Gasteiger partial charge in [0.05, 0.1) is 26.2 Å². The summed E-state index contributed by atoms with van der Waals surface area (Å²) in [6.07, 6.45) is 2.53. The Hall–Kier alpha value is -5.52. The minimum Gasteiger partial charge on any atom is -0.545 e. The Morgan fingerprint density at radius 3 is 0.961 bits per heavy atom. The molecular formula is C44H38O6Zn. The summed E-state index contributed by atoms with van der Waals surface area (Å²) < 4.78 is 10.8. The van der Waals surface area contributed by atoms with E-state index in [-0.39, 0.29) is 30.6 Å². The molecule has 6 rings (SSSR count). The van der Waals surface area contributed by atoms with Gasteiger partial charge in [0.2, 0.25) is 0 Å². The maximum absolute atomic E-state index is 11.6. The number of carboxylic acid groups (broad SMARTS) is 2. The fraction of sp³-hybridized carbons (Fsp3) is 0.136. The first-order valence-electron chi connectivity index (χ1n) is 16.3. The van der Waals surface area contributed by atoms with Crippen molar-refractivity contribution in [3.05, 3.63) is 201 Å². The molecule has 0 aliphatic rings. The molecule has 0 aromatic heterocycles. The Morgan fingerprint density at radius 2 is 0.706 bits per heavy atom. The number of aromatic carboxylic acids is 2. The SMILES string of the molecule is COc1c(Cc2ccccc2)cc(Cc2ccccc2)cc1C(=O)[O-].COc1c(Cc2ccccc2)cc(Cc2ccccc2)cc1C(=O)[O-].[Zn+2]. The molecule has 6 aromatic rings. The van der Waals surface area contributed by atoms with Crippen LogP contribution in [0.25, 0.3) is 0 Å². The quantitative estimate of drug-likeness (QED) is 0.134. The average molecular weight is 728 g/mol. The van der Waals surface area contributed by atoms with Crippen LogP contribution in [0.15, 0.2) is 146 Å². The van der Waals surface area contributed by atoms with Crippen molar-refractivity contribution in [3.8, 4) is 11.5 Å². The number of carbonyl (C=O) groups excluding carboxylic acids is 2. The van der Waals surface area contributed by atoms with Crippen molar-refractivity contribution in [2.45, 2.75) is 25.7 Å². The van der Waals surface area contributed by atoms with Crippen molar-refractivity contribution >= 4 is 11.9 Å². The van der Waals surface area contributed by atoms with Crippen molar-refractivity contribution in [3.63, 3.8) is 0 Å². The molecule has 252 valence electrons. The van der Waals surface area contributed by atoms with Gasteiger partial charge in [-0.3, -0.25) is 0 Å². The molecule has 6 nitrogen and oxygen atoms in total. The van der Waals surface area contributed by atoms with E-state index < -0.39 is 11.9 Å². The smallest absolute Gasteiger partial charge is 0.545 e. The van der Waals surface area contributed by atoms with E-state index in [0.29, 0.717) is 37.2 Å². The van der Waals surface area contributed by atoms with Gasteiger partial charge in [-0.05, 0) is 69.5 Å². The van der Waals surface area contributed by atoms with E-state index in [4.69, 9.17) is 9.47 Å². The Bertz CT molecular complexity index is 1870. The third kappa shape index (κ3) is 10.7. The molecule has 0 atom stereocenters. The Morgan fingerprint density at radius 1 is 0.431 bits per heavy atom. The van der Waals surface area contributed by atoms with E-state index in [1.165, 1.54) is 14.2 Å². The van der Waals surface area contributed by atoms with Gasteiger partial charge in [-0.1, -0.05) is 133 Å². The van der Waals surface area contributed by atoms with Gasteiger partial charge in [0, 0.05) is 24.0 Å². The number of hydrogen-bond acceptors (Lipinski definition) is 6. The first-order valence-corrected chi connectivity index (χ1v) is 16.3. The van der Waals surface area contributed by atoms with Crippen LogP contribution in [-0.4, -0.2) is 26.2 Å². The van der Waals surface area contributed by atoms with Gasteiger partial charge in [-0.2, -0.15) is 0 Å². The van der Waals surface area contributed by atoms with Crippen LogP contribution in [-0.2, 0) is 45.2 Å². The van der Waals surface area contributed by atoms with Crippen molar-refractivity contribution in [2.75, 3.05) is 14.2 Å². The standard InChI is InChI=1S/2C22H20O3.Zn/c2*1-25-21-19(13-17-10-6-3-7-11-17)14-18(15-20(21)22(23)24)12-16-8-4-2-5-9-16;/h2*2-11,14-15H,12-13H2,1H3,(H,23,24);/q;;+2/p-2. The molecule has 0 saturated carbocycles. The second-order valence-electron chi connectivity index (χ2n) is 11.9. The molecule has 51 heavy (non-hydrogen) atoms. The first kappa shape index (κ1) is 38.3. The number of benzene rings is 6. The molecular weight excluding hydrogens is 690 g/mol. The summed E-state index contributed by atoms with van der Waals surface area (Å²) in [5.74, 6) is -1.69. The van der Waals surface area contributed by atoms with Crippen LogP contribution in [0.1, 0.15) is 65.2 Å². The van der Waals surface area contributed by atoms with Gasteiger partial charge in [0.15, 0.2) is 0 Å². The molecule has 0 heterocycles. The average Bonchev–Trinajstić information content (AvgIpc) is 3.13. The van der Waals surface area contributed by atoms with Gasteiger partial charge in [0.1, 0.15) is 11.5 Å². The monoisotopic (exact) mass is 726 g/mol. The maximum atomic E-state index is 11.6. The molecule has 0 aliphatic carbocycles. The molecule has 0 fully saturated rings. The zero-order valence-electron chi connectivity index (χ0n) is 28.8. The summed E-state index contributed by atoms with van der Waals surface area (Å²) in [4.78, 5) is 23.2. The molecule has 0 radical (unpaired) electrons. The molecule has 0 amide bonds. The molecule has 0 bridgehead atoms. The number of methoxy groups -OCH3 is 2. The van der Waals surface area contributed by atoms with E-state index in [0.717, 1.165) is 44.5 Å². The van der Waals surface area contributed by atoms with Gasteiger partial charge in [0.25, 0.3) is 0 Å². The summed E-state index contributed by atoms with van der Waals surface area (Å²) in [5.41, 5.74) is 8.20. The van der Waals surface area contributed by atoms with Crippen LogP contribution in [0, 0.1) is 0 Å². The first-order chi connectivity index (χ1) is 24.3. The Labute approximate surface area is 312 Å². The molecule has 0 unspecified atom stereocenters. The van der Waals surface area contributed by atoms with E-state index in [1.54, 1.807) is 12.1 Å². The third-order valence-corrected chi connectivity index (χ3v) is 8.28. The predicted octanol–water partition coefficient (Wildman–Crippen LogP) is 6.48. The number of carbonyl (C=O) groups is 2. The fourth-order valence-corrected chi connectivity index (χ4v) is 6.06. The summed E-state index contributed by atoms with van der Waals surface area (Å²) in [5, 5.41) is 23.2. The van der Waals surface area contributed by atoms with Crippen LogP contribution in [0.4, 0.5) is 0 Å². The number of ether oxygens (including phenoxy) is 2. The molecule has 6 aromatic carbocycles. The van der Waals surface area contributed by atoms with Crippen molar-refractivity contribution in [2.24, 2.45) is 0 Å². The second kappa shape index (κ2) is 19.0. The minimum absolute atomic E-state index is 0. The largest absolute Gasteiger partial charge is 2.00 e. The molecule has 0 N–H and O–H groups in total. The maximum Gasteiger partial charge on any atom is 2.00 e. The zero-order chi connectivity index (χ0) is 35.3. The van der Waals surface area contributed by atoms with E-state index in [1.807, 2.05) is 133 Å². The van der Waals surface area contributed by atoms with E-state index >= 15 is 0 Å². The summed E-state index contributed by atoms with van der Waals surface area (Å²) >= 11 is 0. The Balaban J connectivity index is 0.000000224. The number of hydrogen-bond donors (Lipinski definition) is 0. The van der Waals surface area contributed by atoms with Crippen LogP contribution in [0.3, 0.4) is 0 Å². The summed E-state index contributed by atoms with van der Waals surface area (Å²) in [6.45, 7) is 0. The minimum atomic E-state index is -1.22. The van der Waals surface area contributed by atoms with E-state index in [2.05, 4.69) is 0 Å². The van der Waals surface area contributed by atoms with Gasteiger partial charge in [-0.15, -0.1) is 0 Å². The van der Waals surface area contributed by atoms with Gasteiger partial charge < -0.3 is 29.3 Å². The van der Waals surface area contributed by atoms with Crippen LogP contribution < -0.4 is 19.7 Å². The summed E-state index contributed by atoms with van der Waals surface area (Å²) in [6, 6.07) is 47.1. The number of carboxylic acids is 2. The van der Waals surface area contributed by atoms with Crippen molar-refractivity contribution in [1.29, 1.82) is 0 Å². The second-order valence-corrected chi connectivity index (χ2v) is 11.9. The topological polar surface area (TPSA) is 98.7 Å². The number of rotatable bonds is 12. The Kier molecular flexibility index (Phi) is 14.3. The van der Waals surface area contributed by atoms with E-state index in [9.17, 15) is 19.8 Å². The van der Waals surface area contributed by atoms with Crippen LogP contribution >= 0.6 is 0 Å². The molecule has 0 saturated heterocycles. The van der Waals surface area contributed by atoms with Gasteiger partial charge in [-0.25, -0.2) is 0 Å². The zero-order valence-corrected chi connectivity index (χ0v) is 31.8. The van der Waals surface area contributed by atoms with Crippen LogP contribution in [0.2, 0.25) is 0 Å². The normalized spacial score (nSPS) is 10.2. The molecule has 0 spiro atoms.